The zero-order valence-electron chi connectivity index (χ0n) is 21.6. The molecule has 3 aromatic carbocycles. The van der Waals surface area contributed by atoms with Crippen LogP contribution in [-0.2, 0) is 4.74 Å². The second kappa shape index (κ2) is 11.1. The highest BCUT2D eigenvalue weighted by atomic mass is 32.1. The van der Waals surface area contributed by atoms with Gasteiger partial charge in [-0.3, -0.25) is 4.79 Å². The van der Waals surface area contributed by atoms with Gasteiger partial charge in [0.05, 0.1) is 42.7 Å². The zero-order valence-corrected chi connectivity index (χ0v) is 22.4. The van der Waals surface area contributed by atoms with Gasteiger partial charge in [0.1, 0.15) is 0 Å². The predicted molar refractivity (Wildman–Crippen MR) is 159 cm³/mol. The maximum atomic E-state index is 13.0. The molecule has 1 amide bonds. The van der Waals surface area contributed by atoms with Gasteiger partial charge in [-0.1, -0.05) is 30.3 Å². The third-order valence-electron chi connectivity index (χ3n) is 6.83. The van der Waals surface area contributed by atoms with Crippen LogP contribution in [0.5, 0.6) is 0 Å². The van der Waals surface area contributed by atoms with E-state index >= 15 is 0 Å². The number of carbonyl (C=O) groups excluding carboxylic acids is 1. The lowest BCUT2D eigenvalue weighted by Crippen LogP contribution is -2.36. The summed E-state index contributed by atoms with van der Waals surface area (Å²) in [6, 6.07) is 23.8. The number of aryl methyl sites for hydroxylation is 1. The molecule has 39 heavy (non-hydrogen) atoms. The first-order chi connectivity index (χ1) is 19.1. The molecule has 5 aromatic rings. The Morgan fingerprint density at radius 2 is 1.72 bits per heavy atom. The van der Waals surface area contributed by atoms with Gasteiger partial charge < -0.3 is 20.3 Å². The number of aromatic nitrogens is 2. The highest BCUT2D eigenvalue weighted by molar-refractivity contribution is 7.08. The van der Waals surface area contributed by atoms with Gasteiger partial charge in [0.2, 0.25) is 0 Å². The maximum Gasteiger partial charge on any atom is 0.255 e. The van der Waals surface area contributed by atoms with Crippen LogP contribution in [-0.4, -0.2) is 42.0 Å². The van der Waals surface area contributed by atoms with Gasteiger partial charge in [-0.25, -0.2) is 4.68 Å². The fraction of sp³-hybridized carbons (Fsp3) is 0.161. The van der Waals surface area contributed by atoms with Gasteiger partial charge in [-0.05, 0) is 60.5 Å². The average Bonchev–Trinajstić information content (AvgIpc) is 3.64. The minimum atomic E-state index is -0.164. The summed E-state index contributed by atoms with van der Waals surface area (Å²) < 4.78 is 7.20. The average molecular weight is 536 g/mol. The number of benzene rings is 3. The molecule has 196 valence electrons. The molecular weight excluding hydrogens is 506 g/mol. The lowest BCUT2D eigenvalue weighted by Gasteiger charge is -2.28. The van der Waals surface area contributed by atoms with Crippen LogP contribution in [0.15, 0.2) is 96.0 Å². The Labute approximate surface area is 231 Å². The molecule has 1 aliphatic heterocycles. The topological polar surface area (TPSA) is 71.4 Å². The summed E-state index contributed by atoms with van der Waals surface area (Å²) in [5, 5.41) is 15.3. The molecule has 0 saturated carbocycles. The summed E-state index contributed by atoms with van der Waals surface area (Å²) in [5.41, 5.74) is 8.80. The number of hydrogen-bond acceptors (Lipinski definition) is 6. The van der Waals surface area contributed by atoms with Crippen molar-refractivity contribution in [3.05, 3.63) is 107 Å². The van der Waals surface area contributed by atoms with E-state index in [0.717, 1.165) is 54.7 Å². The lowest BCUT2D eigenvalue weighted by molar-refractivity contribution is 0.102. The highest BCUT2D eigenvalue weighted by Crippen LogP contribution is 2.35. The molecule has 6 rings (SSSR count). The molecule has 0 radical (unpaired) electrons. The molecule has 0 aliphatic carbocycles. The minimum absolute atomic E-state index is 0.164. The van der Waals surface area contributed by atoms with E-state index in [-0.39, 0.29) is 5.91 Å². The van der Waals surface area contributed by atoms with E-state index in [9.17, 15) is 4.79 Å². The SMILES string of the molecule is Cc1ccccc1-c1cscc1Nc1cnn(-c2cccc(C(=O)Nc3ccc(N4CCOCC4)cc3)c2)c1. The lowest BCUT2D eigenvalue weighted by atomic mass is 10.0. The van der Waals surface area contributed by atoms with Crippen LogP contribution in [0, 0.1) is 6.92 Å². The van der Waals surface area contributed by atoms with Crippen molar-refractivity contribution in [1.82, 2.24) is 9.78 Å². The summed E-state index contributed by atoms with van der Waals surface area (Å²) in [6.45, 7) is 5.36. The van der Waals surface area contributed by atoms with E-state index in [1.54, 1.807) is 22.2 Å². The van der Waals surface area contributed by atoms with Crippen LogP contribution in [0.3, 0.4) is 0 Å². The van der Waals surface area contributed by atoms with Crippen molar-refractivity contribution < 1.29 is 9.53 Å². The molecule has 2 N–H and O–H groups in total. The van der Waals surface area contributed by atoms with Crippen molar-refractivity contribution in [3.63, 3.8) is 0 Å². The Bertz CT molecular complexity index is 1580. The molecule has 8 heteroatoms. The van der Waals surface area contributed by atoms with Gasteiger partial charge in [0.25, 0.3) is 5.91 Å². The number of anilines is 4. The molecule has 7 nitrogen and oxygen atoms in total. The van der Waals surface area contributed by atoms with Gasteiger partial charge in [0, 0.05) is 46.4 Å². The van der Waals surface area contributed by atoms with E-state index in [1.165, 1.54) is 16.7 Å². The molecule has 0 bridgehead atoms. The summed E-state index contributed by atoms with van der Waals surface area (Å²) in [7, 11) is 0. The number of nitrogens with one attached hydrogen (secondary N) is 2. The van der Waals surface area contributed by atoms with Gasteiger partial charge >= 0.3 is 0 Å². The third-order valence-corrected chi connectivity index (χ3v) is 7.58. The molecule has 1 fully saturated rings. The van der Waals surface area contributed by atoms with Crippen molar-refractivity contribution in [2.75, 3.05) is 41.8 Å². The van der Waals surface area contributed by atoms with Crippen LogP contribution < -0.4 is 15.5 Å². The van der Waals surface area contributed by atoms with Crippen LogP contribution in [0.25, 0.3) is 16.8 Å². The number of thiophene rings is 1. The standard InChI is InChI=1S/C31H29N5O2S/c1-22-5-2-3-8-28(22)29-20-39-21-30(29)33-25-18-32-36(19-25)27-7-4-6-23(17-27)31(37)34-24-9-11-26(12-10-24)35-13-15-38-16-14-35/h2-12,17-21,33H,13-16H2,1H3,(H,34,37). The predicted octanol–water partition coefficient (Wildman–Crippen LogP) is 6.74. The summed E-state index contributed by atoms with van der Waals surface area (Å²) in [6.07, 6.45) is 3.72. The number of ether oxygens (including phenoxy) is 1. The van der Waals surface area contributed by atoms with E-state index in [0.29, 0.717) is 5.56 Å². The second-order valence-electron chi connectivity index (χ2n) is 9.46. The first-order valence-electron chi connectivity index (χ1n) is 12.9. The summed E-state index contributed by atoms with van der Waals surface area (Å²) in [5.74, 6) is -0.164. The zero-order chi connectivity index (χ0) is 26.6. The molecule has 1 saturated heterocycles. The fourth-order valence-corrected chi connectivity index (χ4v) is 5.51. The summed E-state index contributed by atoms with van der Waals surface area (Å²) >= 11 is 1.66. The number of carbonyl (C=O) groups is 1. The number of nitrogens with zero attached hydrogens (tertiary/aromatic N) is 3. The van der Waals surface area contributed by atoms with Gasteiger partial charge in [-0.15, -0.1) is 11.3 Å². The minimum Gasteiger partial charge on any atom is -0.378 e. The van der Waals surface area contributed by atoms with Crippen LogP contribution in [0.1, 0.15) is 15.9 Å². The van der Waals surface area contributed by atoms with E-state index < -0.39 is 0 Å². The van der Waals surface area contributed by atoms with Gasteiger partial charge in [0.15, 0.2) is 0 Å². The Kier molecular flexibility index (Phi) is 7.12. The van der Waals surface area contributed by atoms with Crippen molar-refractivity contribution >= 4 is 40.0 Å². The third kappa shape index (κ3) is 5.57. The number of morpholine rings is 1. The highest BCUT2D eigenvalue weighted by Gasteiger charge is 2.13. The number of rotatable bonds is 7. The van der Waals surface area contributed by atoms with E-state index in [1.807, 2.05) is 54.7 Å². The Morgan fingerprint density at radius 3 is 2.54 bits per heavy atom. The first kappa shape index (κ1) is 24.9. The van der Waals surface area contributed by atoms with Crippen molar-refractivity contribution in [2.45, 2.75) is 6.92 Å². The molecule has 0 atom stereocenters. The molecule has 0 spiro atoms. The van der Waals surface area contributed by atoms with Crippen LogP contribution >= 0.6 is 11.3 Å². The summed E-state index contributed by atoms with van der Waals surface area (Å²) in [4.78, 5) is 15.3. The molecule has 2 aromatic heterocycles. The number of hydrogen-bond donors (Lipinski definition) is 2. The second-order valence-corrected chi connectivity index (χ2v) is 10.2. The molecular formula is C31H29N5O2S. The quantitative estimate of drug-likeness (QED) is 0.241. The molecule has 3 heterocycles. The number of amides is 1. The molecule has 0 unspecified atom stereocenters. The first-order valence-corrected chi connectivity index (χ1v) is 13.9. The fourth-order valence-electron chi connectivity index (χ4n) is 4.73. The van der Waals surface area contributed by atoms with Crippen LogP contribution in [0.2, 0.25) is 0 Å². The van der Waals surface area contributed by atoms with E-state index in [2.05, 4.69) is 62.6 Å². The molecule has 1 aliphatic rings. The van der Waals surface area contributed by atoms with Crippen molar-refractivity contribution in [3.8, 4) is 16.8 Å². The largest absolute Gasteiger partial charge is 0.378 e. The Balaban J connectivity index is 1.14. The monoisotopic (exact) mass is 535 g/mol. The van der Waals surface area contributed by atoms with Crippen LogP contribution in [0.4, 0.5) is 22.7 Å². The van der Waals surface area contributed by atoms with Gasteiger partial charge in [-0.2, -0.15) is 5.10 Å². The van der Waals surface area contributed by atoms with E-state index in [4.69, 9.17) is 4.74 Å². The normalized spacial score (nSPS) is 13.3. The van der Waals surface area contributed by atoms with Crippen molar-refractivity contribution in [2.24, 2.45) is 0 Å². The Hall–Kier alpha value is -4.40. The smallest absolute Gasteiger partial charge is 0.255 e. The van der Waals surface area contributed by atoms with Crippen molar-refractivity contribution in [1.29, 1.82) is 0 Å². The Morgan fingerprint density at radius 1 is 0.897 bits per heavy atom. The maximum absolute atomic E-state index is 13.0.